The summed E-state index contributed by atoms with van der Waals surface area (Å²) in [6.07, 6.45) is -1.33. The number of aliphatic carboxylic acids is 1. The van der Waals surface area contributed by atoms with Gasteiger partial charge in [-0.15, -0.1) is 0 Å². The Balaban J connectivity index is 0.000000423. The Labute approximate surface area is 119 Å². The van der Waals surface area contributed by atoms with E-state index in [2.05, 4.69) is 10.1 Å². The fourth-order valence-electron chi connectivity index (χ4n) is 1.30. The smallest absolute Gasteiger partial charge is 0.480 e. The maximum atomic E-state index is 11.5. The average Bonchev–Trinajstić information content (AvgIpc) is 2.92. The summed E-state index contributed by atoms with van der Waals surface area (Å²) in [6, 6.07) is -0.269. The molecule has 0 aliphatic carbocycles. The van der Waals surface area contributed by atoms with Crippen LogP contribution < -0.4 is 5.32 Å². The van der Waals surface area contributed by atoms with E-state index in [1.54, 1.807) is 6.92 Å². The molecule has 1 aliphatic rings. The third kappa shape index (κ3) is 9.85. The molecule has 9 heteroatoms. The van der Waals surface area contributed by atoms with Gasteiger partial charge in [0.25, 0.3) is 0 Å². The zero-order chi connectivity index (χ0) is 16.3. The molecule has 21 heavy (non-hydrogen) atoms. The maximum absolute atomic E-state index is 11.5. The highest BCUT2D eigenvalue weighted by atomic mass is 19.4. The molecule has 1 fully saturated rings. The van der Waals surface area contributed by atoms with Gasteiger partial charge in [-0.1, -0.05) is 0 Å². The summed E-state index contributed by atoms with van der Waals surface area (Å²) >= 11 is 0. The lowest BCUT2D eigenvalue weighted by molar-refractivity contribution is -0.193. The van der Waals surface area contributed by atoms with Crippen LogP contribution in [-0.2, 0) is 19.1 Å². The number of carbonyl (C=O) groups excluding carboxylic acids is 1. The van der Waals surface area contributed by atoms with Gasteiger partial charge in [0, 0.05) is 6.61 Å². The molecule has 0 bridgehead atoms. The highest BCUT2D eigenvalue weighted by Crippen LogP contribution is 2.16. The number of hydrogen-bond donors (Lipinski definition) is 2. The summed E-state index contributed by atoms with van der Waals surface area (Å²) < 4.78 is 42.9. The molecule has 1 unspecified atom stereocenters. The molecule has 6 nitrogen and oxygen atoms in total. The van der Waals surface area contributed by atoms with Crippen LogP contribution in [-0.4, -0.2) is 49.0 Å². The third-order valence-electron chi connectivity index (χ3n) is 2.28. The number of alkyl halides is 3. The Morgan fingerprint density at radius 3 is 2.48 bits per heavy atom. The first-order valence-corrected chi connectivity index (χ1v) is 6.25. The molecule has 122 valence electrons. The maximum Gasteiger partial charge on any atom is 0.491 e. The van der Waals surface area contributed by atoms with Crippen molar-refractivity contribution in [2.24, 2.45) is 0 Å². The summed E-state index contributed by atoms with van der Waals surface area (Å²) in [4.78, 5) is 20.2. The van der Waals surface area contributed by atoms with Crippen LogP contribution in [0.5, 0.6) is 0 Å². The van der Waals surface area contributed by atoms with Gasteiger partial charge in [0.15, 0.2) is 0 Å². The first-order chi connectivity index (χ1) is 9.79. The monoisotopic (exact) mass is 313 g/mol. The second kappa shape index (κ2) is 10.2. The van der Waals surface area contributed by atoms with Crippen molar-refractivity contribution in [2.45, 2.75) is 32.0 Å². The van der Waals surface area contributed by atoms with Gasteiger partial charge < -0.3 is 19.9 Å². The molecule has 2 N–H and O–H groups in total. The molecule has 0 radical (unpaired) electrons. The minimum atomic E-state index is -4.95. The number of hydrogen-bond acceptors (Lipinski definition) is 5. The van der Waals surface area contributed by atoms with Crippen LogP contribution >= 0.6 is 0 Å². The van der Waals surface area contributed by atoms with Gasteiger partial charge in [-0.3, -0.25) is 4.79 Å². The number of halogens is 3. The summed E-state index contributed by atoms with van der Waals surface area (Å²) in [6.45, 7) is 3.14. The molecule has 0 amide bonds. The molecule has 1 heterocycles. The molecular formula is C12H18F3NO5. The summed E-state index contributed by atoms with van der Waals surface area (Å²) in [7, 11) is 0. The van der Waals surface area contributed by atoms with Gasteiger partial charge in [-0.25, -0.2) is 4.79 Å². The van der Waals surface area contributed by atoms with Crippen LogP contribution in [0.3, 0.4) is 0 Å². The highest BCUT2D eigenvalue weighted by molar-refractivity contribution is 5.76. The van der Waals surface area contributed by atoms with Crippen molar-refractivity contribution < 1.29 is 37.3 Å². The number of carboxylic acids is 1. The predicted molar refractivity (Wildman–Crippen MR) is 66.4 cm³/mol. The molecule has 0 spiro atoms. The van der Waals surface area contributed by atoms with Gasteiger partial charge in [-0.05, 0) is 32.4 Å². The summed E-state index contributed by atoms with van der Waals surface area (Å²) in [5.74, 6) is -2.96. The molecule has 0 aromatic rings. The Bertz CT molecular complexity index is 351. The van der Waals surface area contributed by atoms with Crippen LogP contribution in [0.2, 0.25) is 0 Å². The van der Waals surface area contributed by atoms with E-state index in [4.69, 9.17) is 9.84 Å². The molecule has 1 rings (SSSR count). The minimum absolute atomic E-state index is 0.113. The molecule has 0 aromatic heterocycles. The molecule has 1 aliphatic heterocycles. The van der Waals surface area contributed by atoms with Crippen molar-refractivity contribution in [3.05, 3.63) is 12.3 Å². The Kier molecular flexibility index (Phi) is 9.39. The zero-order valence-electron chi connectivity index (χ0n) is 11.5. The van der Waals surface area contributed by atoms with Crippen molar-refractivity contribution in [1.29, 1.82) is 0 Å². The van der Waals surface area contributed by atoms with Gasteiger partial charge in [0.1, 0.15) is 6.04 Å². The van der Waals surface area contributed by atoms with Crippen LogP contribution in [0.15, 0.2) is 12.3 Å². The molecule has 1 saturated heterocycles. The van der Waals surface area contributed by atoms with Crippen LogP contribution in [0.4, 0.5) is 13.2 Å². The van der Waals surface area contributed by atoms with Crippen LogP contribution in [0.25, 0.3) is 0 Å². The van der Waals surface area contributed by atoms with E-state index in [1.807, 2.05) is 0 Å². The SMILES string of the molecule is CCOCC=COC(=O)C(F)(F)F.O=C(O)C1CCCN1. The summed E-state index contributed by atoms with van der Waals surface area (Å²) in [5, 5.41) is 11.2. The summed E-state index contributed by atoms with van der Waals surface area (Å²) in [5.41, 5.74) is 0. The van der Waals surface area contributed by atoms with Crippen molar-refractivity contribution in [3.63, 3.8) is 0 Å². The van der Waals surface area contributed by atoms with E-state index in [0.717, 1.165) is 19.4 Å². The van der Waals surface area contributed by atoms with E-state index < -0.39 is 18.1 Å². The first kappa shape index (κ1) is 19.4. The van der Waals surface area contributed by atoms with Crippen LogP contribution in [0.1, 0.15) is 19.8 Å². The Hall–Kier alpha value is -1.61. The van der Waals surface area contributed by atoms with E-state index in [1.165, 1.54) is 6.08 Å². The minimum Gasteiger partial charge on any atom is -0.480 e. The Morgan fingerprint density at radius 1 is 1.43 bits per heavy atom. The fraction of sp³-hybridized carbons (Fsp3) is 0.667. The normalized spacial score (nSPS) is 18.2. The van der Waals surface area contributed by atoms with Crippen molar-refractivity contribution in [2.75, 3.05) is 19.8 Å². The second-order valence-corrected chi connectivity index (χ2v) is 3.92. The number of esters is 1. The number of nitrogens with one attached hydrogen (secondary N) is 1. The van der Waals surface area contributed by atoms with Gasteiger partial charge >= 0.3 is 18.1 Å². The first-order valence-electron chi connectivity index (χ1n) is 6.25. The largest absolute Gasteiger partial charge is 0.491 e. The number of ether oxygens (including phenoxy) is 2. The third-order valence-corrected chi connectivity index (χ3v) is 2.28. The molecule has 0 aromatic carbocycles. The quantitative estimate of drug-likeness (QED) is 0.454. The van der Waals surface area contributed by atoms with Crippen molar-refractivity contribution in [1.82, 2.24) is 5.32 Å². The number of carbonyl (C=O) groups is 2. The zero-order valence-corrected chi connectivity index (χ0v) is 11.5. The van der Waals surface area contributed by atoms with Gasteiger partial charge in [0.2, 0.25) is 0 Å². The lowest BCUT2D eigenvalue weighted by Crippen LogP contribution is -2.29. The fourth-order valence-corrected chi connectivity index (χ4v) is 1.30. The number of rotatable bonds is 5. The van der Waals surface area contributed by atoms with Crippen LogP contribution in [0, 0.1) is 0 Å². The Morgan fingerprint density at radius 2 is 2.10 bits per heavy atom. The van der Waals surface area contributed by atoms with E-state index in [-0.39, 0.29) is 12.6 Å². The van der Waals surface area contributed by atoms with E-state index >= 15 is 0 Å². The molecular weight excluding hydrogens is 295 g/mol. The second-order valence-electron chi connectivity index (χ2n) is 3.92. The van der Waals surface area contributed by atoms with E-state index in [9.17, 15) is 22.8 Å². The predicted octanol–water partition coefficient (Wildman–Crippen LogP) is 1.47. The lowest BCUT2D eigenvalue weighted by Gasteiger charge is -2.01. The van der Waals surface area contributed by atoms with Gasteiger partial charge in [0.05, 0.1) is 12.9 Å². The molecule has 1 atom stereocenters. The lowest BCUT2D eigenvalue weighted by atomic mass is 10.2. The van der Waals surface area contributed by atoms with Crippen molar-refractivity contribution in [3.8, 4) is 0 Å². The topological polar surface area (TPSA) is 84.9 Å². The molecule has 0 saturated carbocycles. The van der Waals surface area contributed by atoms with E-state index in [0.29, 0.717) is 12.9 Å². The highest BCUT2D eigenvalue weighted by Gasteiger charge is 2.40. The number of carboxylic acid groups (broad SMARTS) is 1. The standard InChI is InChI=1S/C7H9F3O3.C5H9NO2/c1-2-12-4-3-5-13-6(11)7(8,9)10;7-5(8)4-2-1-3-6-4/h3,5H,2,4H2,1H3;4,6H,1-3H2,(H,7,8). The van der Waals surface area contributed by atoms with Crippen molar-refractivity contribution >= 4 is 11.9 Å². The average molecular weight is 313 g/mol. The van der Waals surface area contributed by atoms with Gasteiger partial charge in [-0.2, -0.15) is 13.2 Å².